The lowest BCUT2D eigenvalue weighted by Crippen LogP contribution is -2.15. The van der Waals surface area contributed by atoms with Crippen LogP contribution in [0.1, 0.15) is 40.0 Å². The van der Waals surface area contributed by atoms with Crippen molar-refractivity contribution in [2.24, 2.45) is 5.92 Å². The molecule has 0 aliphatic heterocycles. The molecule has 0 N–H and O–H groups in total. The Morgan fingerprint density at radius 3 is 1.97 bits per heavy atom. The Morgan fingerprint density at radius 2 is 1.42 bits per heavy atom. The van der Waals surface area contributed by atoms with Gasteiger partial charge in [-0.15, -0.1) is 6.58 Å². The van der Waals surface area contributed by atoms with Crippen molar-refractivity contribution in [3.05, 3.63) is 121 Å². The Morgan fingerprint density at radius 1 is 0.848 bits per heavy atom. The molecule has 0 heterocycles. The Bertz CT molecular complexity index is 894. The summed E-state index contributed by atoms with van der Waals surface area (Å²) >= 11 is 0. The van der Waals surface area contributed by atoms with E-state index in [2.05, 4.69) is 46.1 Å². The zero-order chi connectivity index (χ0) is 25.7. The SMILES string of the molecule is C=CCCCC(=C)/C(F)=C(/F)C(=C)C(=C)/C=C\C(=C)C(=C)/C=C(/F)C(=C)C(C)OCC(C)C. The van der Waals surface area contributed by atoms with Gasteiger partial charge in [0.15, 0.2) is 11.7 Å². The van der Waals surface area contributed by atoms with Crippen LogP contribution >= 0.6 is 0 Å². The van der Waals surface area contributed by atoms with Crippen LogP contribution in [0.4, 0.5) is 13.2 Å². The first-order valence-electron chi connectivity index (χ1n) is 10.8. The van der Waals surface area contributed by atoms with Crippen LogP contribution in [0.5, 0.6) is 0 Å². The van der Waals surface area contributed by atoms with E-state index in [1.807, 2.05) is 13.8 Å². The fourth-order valence-corrected chi connectivity index (χ4v) is 2.38. The van der Waals surface area contributed by atoms with Crippen LogP contribution in [-0.4, -0.2) is 12.7 Å². The van der Waals surface area contributed by atoms with E-state index in [0.717, 1.165) is 0 Å². The summed E-state index contributed by atoms with van der Waals surface area (Å²) in [6.07, 6.45) is 6.93. The van der Waals surface area contributed by atoms with E-state index in [-0.39, 0.29) is 27.9 Å². The predicted octanol–water partition coefficient (Wildman–Crippen LogP) is 9.30. The Balaban J connectivity index is 5.13. The van der Waals surface area contributed by atoms with E-state index in [9.17, 15) is 13.2 Å². The van der Waals surface area contributed by atoms with Crippen LogP contribution in [0.15, 0.2) is 121 Å². The summed E-state index contributed by atoms with van der Waals surface area (Å²) in [6, 6.07) is 0. The number of hydrogen-bond donors (Lipinski definition) is 0. The molecule has 1 atom stereocenters. The molecule has 0 radical (unpaired) electrons. The van der Waals surface area contributed by atoms with Gasteiger partial charge >= 0.3 is 0 Å². The number of halogens is 3. The standard InChI is InChI=1S/C29H37F3O/c1-11-12-13-14-22(6)28(31)29(32)24(8)21(5)16-15-20(4)23(7)17-27(30)25(9)26(10)33-18-19(2)3/h11,15-17,19,26H,1,4-9,12-14,18H2,2-3,10H3/b16-15-,27-17+,29-28-. The van der Waals surface area contributed by atoms with Crippen LogP contribution in [0.2, 0.25) is 0 Å². The summed E-state index contributed by atoms with van der Waals surface area (Å²) in [5, 5.41) is 0. The van der Waals surface area contributed by atoms with Gasteiger partial charge in [-0.2, -0.15) is 0 Å². The molecule has 0 saturated carbocycles. The number of ether oxygens (including phenoxy) is 1. The molecule has 1 nitrogen and oxygen atoms in total. The van der Waals surface area contributed by atoms with Gasteiger partial charge in [0, 0.05) is 17.8 Å². The number of rotatable bonds is 16. The maximum Gasteiger partial charge on any atom is 0.166 e. The van der Waals surface area contributed by atoms with Crippen LogP contribution < -0.4 is 0 Å². The highest BCUT2D eigenvalue weighted by Crippen LogP contribution is 2.29. The lowest BCUT2D eigenvalue weighted by atomic mass is 10.0. The Kier molecular flexibility index (Phi) is 13.8. The fraction of sp³-hybridized carbons (Fsp3) is 0.310. The van der Waals surface area contributed by atoms with Crippen LogP contribution in [0, 0.1) is 5.92 Å². The highest BCUT2D eigenvalue weighted by molar-refractivity contribution is 5.53. The van der Waals surface area contributed by atoms with Gasteiger partial charge in [0.2, 0.25) is 0 Å². The maximum absolute atomic E-state index is 14.5. The molecule has 0 aliphatic carbocycles. The molecule has 0 amide bonds. The molecule has 0 spiro atoms. The smallest absolute Gasteiger partial charge is 0.166 e. The van der Waals surface area contributed by atoms with E-state index >= 15 is 0 Å². The number of unbranched alkanes of at least 4 members (excludes halogenated alkanes) is 1. The lowest BCUT2D eigenvalue weighted by Gasteiger charge is -2.16. The van der Waals surface area contributed by atoms with E-state index in [1.165, 1.54) is 18.2 Å². The first kappa shape index (κ1) is 30.2. The van der Waals surface area contributed by atoms with Crippen molar-refractivity contribution in [2.75, 3.05) is 6.61 Å². The van der Waals surface area contributed by atoms with Gasteiger partial charge in [0.1, 0.15) is 5.83 Å². The van der Waals surface area contributed by atoms with E-state index in [4.69, 9.17) is 4.74 Å². The van der Waals surface area contributed by atoms with Gasteiger partial charge in [-0.05, 0) is 60.5 Å². The number of hydrogen-bond acceptors (Lipinski definition) is 1. The summed E-state index contributed by atoms with van der Waals surface area (Å²) in [5.74, 6) is -2.41. The zero-order valence-corrected chi connectivity index (χ0v) is 20.3. The minimum absolute atomic E-state index is 0.0533. The molecule has 0 aromatic heterocycles. The topological polar surface area (TPSA) is 9.23 Å². The van der Waals surface area contributed by atoms with Gasteiger partial charge in [0.25, 0.3) is 0 Å². The minimum Gasteiger partial charge on any atom is -0.373 e. The van der Waals surface area contributed by atoms with Crippen LogP contribution in [-0.2, 0) is 4.74 Å². The van der Waals surface area contributed by atoms with Crippen molar-refractivity contribution in [1.82, 2.24) is 0 Å². The molecule has 0 saturated heterocycles. The maximum atomic E-state index is 14.5. The highest BCUT2D eigenvalue weighted by Gasteiger charge is 2.15. The molecule has 0 aliphatic rings. The first-order chi connectivity index (χ1) is 15.3. The van der Waals surface area contributed by atoms with Crippen molar-refractivity contribution in [3.63, 3.8) is 0 Å². The van der Waals surface area contributed by atoms with Crippen LogP contribution in [0.3, 0.4) is 0 Å². The zero-order valence-electron chi connectivity index (χ0n) is 20.3. The van der Waals surface area contributed by atoms with Crippen molar-refractivity contribution < 1.29 is 17.9 Å². The second-order valence-corrected chi connectivity index (χ2v) is 8.19. The second-order valence-electron chi connectivity index (χ2n) is 8.19. The summed E-state index contributed by atoms with van der Waals surface area (Å²) in [7, 11) is 0. The average Bonchev–Trinajstić information content (AvgIpc) is 2.78. The average molecular weight is 459 g/mol. The molecule has 4 heteroatoms. The van der Waals surface area contributed by atoms with Gasteiger partial charge < -0.3 is 4.74 Å². The normalized spacial score (nSPS) is 13.5. The molecule has 0 bridgehead atoms. The molecule has 0 aromatic rings. The van der Waals surface area contributed by atoms with E-state index in [0.29, 0.717) is 37.4 Å². The van der Waals surface area contributed by atoms with E-state index in [1.54, 1.807) is 13.0 Å². The Labute approximate surface area is 198 Å². The summed E-state index contributed by atoms with van der Waals surface area (Å²) in [4.78, 5) is 0. The van der Waals surface area contributed by atoms with Crippen LogP contribution in [0.25, 0.3) is 0 Å². The van der Waals surface area contributed by atoms with E-state index < -0.39 is 23.6 Å². The Hall–Kier alpha value is -2.85. The van der Waals surface area contributed by atoms with Gasteiger partial charge in [0.05, 0.1) is 6.10 Å². The predicted molar refractivity (Wildman–Crippen MR) is 137 cm³/mol. The van der Waals surface area contributed by atoms with Crippen molar-refractivity contribution in [3.8, 4) is 0 Å². The van der Waals surface area contributed by atoms with Gasteiger partial charge in [-0.1, -0.05) is 71.5 Å². The van der Waals surface area contributed by atoms with Crippen molar-refractivity contribution in [2.45, 2.75) is 46.1 Å². The first-order valence-corrected chi connectivity index (χ1v) is 10.8. The fourth-order valence-electron chi connectivity index (χ4n) is 2.38. The quantitative estimate of drug-likeness (QED) is 0.127. The third kappa shape index (κ3) is 11.0. The largest absolute Gasteiger partial charge is 0.373 e. The summed E-state index contributed by atoms with van der Waals surface area (Å²) < 4.78 is 48.8. The van der Waals surface area contributed by atoms with Crippen molar-refractivity contribution >= 4 is 0 Å². The third-order valence-corrected chi connectivity index (χ3v) is 4.72. The molecule has 0 fully saturated rings. The minimum atomic E-state index is -1.12. The third-order valence-electron chi connectivity index (χ3n) is 4.72. The summed E-state index contributed by atoms with van der Waals surface area (Å²) in [6.45, 7) is 32.0. The molecule has 33 heavy (non-hydrogen) atoms. The summed E-state index contributed by atoms with van der Waals surface area (Å²) in [5.41, 5.74) is 0.830. The van der Waals surface area contributed by atoms with Gasteiger partial charge in [-0.3, -0.25) is 0 Å². The molecule has 0 aromatic carbocycles. The molecule has 0 rings (SSSR count). The highest BCUT2D eigenvalue weighted by atomic mass is 19.2. The number of allylic oxidation sites excluding steroid dienone is 11. The molecule has 180 valence electrons. The molecular weight excluding hydrogens is 421 g/mol. The molecule has 1 unspecified atom stereocenters. The monoisotopic (exact) mass is 458 g/mol. The van der Waals surface area contributed by atoms with Crippen molar-refractivity contribution in [1.29, 1.82) is 0 Å². The lowest BCUT2D eigenvalue weighted by molar-refractivity contribution is 0.0693. The molecular formula is C29H37F3O. The second kappa shape index (κ2) is 15.1. The van der Waals surface area contributed by atoms with Gasteiger partial charge in [-0.25, -0.2) is 13.2 Å².